The molecule has 0 unspecified atom stereocenters. The second-order valence-electron chi connectivity index (χ2n) is 6.30. The van der Waals surface area contributed by atoms with Crippen LogP contribution in [0.4, 0.5) is 5.82 Å². The van der Waals surface area contributed by atoms with Crippen LogP contribution in [0.25, 0.3) is 0 Å². The number of aliphatic hydroxyl groups is 1. The Morgan fingerprint density at radius 3 is 3.00 bits per heavy atom. The average molecular weight is 331 g/mol. The lowest BCUT2D eigenvalue weighted by Gasteiger charge is -2.41. The Bertz CT molecular complexity index is 705. The first kappa shape index (κ1) is 16.4. The van der Waals surface area contributed by atoms with E-state index in [0.717, 1.165) is 18.8 Å². The molecule has 3 heterocycles. The molecule has 0 aliphatic carbocycles. The van der Waals surface area contributed by atoms with E-state index in [1.165, 1.54) is 4.90 Å². The third-order valence-electron chi connectivity index (χ3n) is 4.15. The average Bonchev–Trinajstić information content (AvgIpc) is 3.01. The Morgan fingerprint density at radius 1 is 1.50 bits per heavy atom. The number of hydrogen-bond donors (Lipinski definition) is 1. The van der Waals surface area contributed by atoms with Crippen molar-refractivity contribution in [2.24, 2.45) is 0 Å². The molecular weight excluding hydrogens is 310 g/mol. The van der Waals surface area contributed by atoms with E-state index in [4.69, 9.17) is 4.52 Å². The number of β-amino-alcohol motifs (C(OH)–C–C–N with tert-alkyl or cyclic N) is 1. The fourth-order valence-corrected chi connectivity index (χ4v) is 3.07. The van der Waals surface area contributed by atoms with E-state index in [0.29, 0.717) is 18.7 Å². The minimum Gasteiger partial charge on any atom is -0.386 e. The van der Waals surface area contributed by atoms with Crippen molar-refractivity contribution in [2.45, 2.75) is 25.4 Å². The van der Waals surface area contributed by atoms with Gasteiger partial charge in [-0.1, -0.05) is 5.16 Å². The van der Waals surface area contributed by atoms with Gasteiger partial charge in [-0.05, 0) is 19.8 Å². The summed E-state index contributed by atoms with van der Waals surface area (Å²) in [4.78, 5) is 24.2. The van der Waals surface area contributed by atoms with Crippen LogP contribution in [0.2, 0.25) is 0 Å². The molecule has 8 nitrogen and oxygen atoms in total. The van der Waals surface area contributed by atoms with Crippen LogP contribution in [-0.4, -0.2) is 63.3 Å². The standard InChI is InChI=1S/C16H21N5O3/c1-12-8-13(19-24-12)15(22)20(2)10-16(23)4-3-7-21(11-16)14-9-17-5-6-18-14/h5-6,8-9,23H,3-4,7,10-11H2,1-2H3/t16-/m0/s1. The molecule has 1 amide bonds. The van der Waals surface area contributed by atoms with Gasteiger partial charge in [-0.3, -0.25) is 9.78 Å². The number of carbonyl (C=O) groups is 1. The van der Waals surface area contributed by atoms with Gasteiger partial charge in [0.05, 0.1) is 18.3 Å². The van der Waals surface area contributed by atoms with E-state index in [-0.39, 0.29) is 18.1 Å². The first-order chi connectivity index (χ1) is 11.5. The second kappa shape index (κ2) is 6.56. The molecule has 2 aromatic rings. The fraction of sp³-hybridized carbons (Fsp3) is 0.500. The molecule has 0 spiro atoms. The molecule has 1 atom stereocenters. The summed E-state index contributed by atoms with van der Waals surface area (Å²) in [7, 11) is 1.66. The maximum atomic E-state index is 12.4. The molecule has 128 valence electrons. The van der Waals surface area contributed by atoms with Crippen LogP contribution in [-0.2, 0) is 0 Å². The minimum atomic E-state index is -1.00. The highest BCUT2D eigenvalue weighted by Gasteiger charge is 2.36. The van der Waals surface area contributed by atoms with E-state index in [9.17, 15) is 9.90 Å². The molecule has 1 fully saturated rings. The third kappa shape index (κ3) is 3.53. The van der Waals surface area contributed by atoms with Gasteiger partial charge in [0, 0.05) is 38.6 Å². The summed E-state index contributed by atoms with van der Waals surface area (Å²) in [5.41, 5.74) is -0.751. The predicted molar refractivity (Wildman–Crippen MR) is 86.6 cm³/mol. The summed E-state index contributed by atoms with van der Waals surface area (Å²) >= 11 is 0. The summed E-state index contributed by atoms with van der Waals surface area (Å²) in [6, 6.07) is 1.59. The van der Waals surface area contributed by atoms with Crippen LogP contribution >= 0.6 is 0 Å². The molecule has 1 aliphatic rings. The Morgan fingerprint density at radius 2 is 2.33 bits per heavy atom. The molecule has 3 rings (SSSR count). The van der Waals surface area contributed by atoms with Gasteiger partial charge < -0.3 is 19.4 Å². The van der Waals surface area contributed by atoms with Crippen LogP contribution < -0.4 is 4.90 Å². The number of nitrogens with zero attached hydrogens (tertiary/aromatic N) is 5. The zero-order chi connectivity index (χ0) is 17.2. The van der Waals surface area contributed by atoms with E-state index in [2.05, 4.69) is 15.1 Å². The van der Waals surface area contributed by atoms with Gasteiger partial charge in [-0.2, -0.15) is 0 Å². The molecule has 0 radical (unpaired) electrons. The predicted octanol–water partition coefficient (Wildman–Crippen LogP) is 0.877. The molecule has 1 aliphatic heterocycles. The van der Waals surface area contributed by atoms with Crippen molar-refractivity contribution in [3.8, 4) is 0 Å². The highest BCUT2D eigenvalue weighted by Crippen LogP contribution is 2.25. The van der Waals surface area contributed by atoms with Gasteiger partial charge >= 0.3 is 0 Å². The Kier molecular flexibility index (Phi) is 4.48. The molecule has 0 saturated carbocycles. The summed E-state index contributed by atoms with van der Waals surface area (Å²) in [5, 5.41) is 14.7. The van der Waals surface area contributed by atoms with Crippen LogP contribution in [0, 0.1) is 6.92 Å². The summed E-state index contributed by atoms with van der Waals surface area (Å²) in [6.45, 7) is 3.16. The molecule has 2 aromatic heterocycles. The first-order valence-electron chi connectivity index (χ1n) is 7.89. The van der Waals surface area contributed by atoms with Gasteiger partial charge in [-0.25, -0.2) is 4.98 Å². The second-order valence-corrected chi connectivity index (χ2v) is 6.30. The SMILES string of the molecule is Cc1cc(C(=O)N(C)C[C@@]2(O)CCCN(c3cnccn3)C2)no1. The van der Waals surface area contributed by atoms with Crippen molar-refractivity contribution in [2.75, 3.05) is 31.6 Å². The molecule has 1 saturated heterocycles. The first-order valence-corrected chi connectivity index (χ1v) is 7.89. The van der Waals surface area contributed by atoms with Crippen LogP contribution in [0.15, 0.2) is 29.2 Å². The number of hydrogen-bond acceptors (Lipinski definition) is 7. The number of piperidine rings is 1. The van der Waals surface area contributed by atoms with Crippen molar-refractivity contribution < 1.29 is 14.4 Å². The zero-order valence-corrected chi connectivity index (χ0v) is 13.8. The number of aryl methyl sites for hydroxylation is 1. The fourth-order valence-electron chi connectivity index (χ4n) is 3.07. The number of aromatic nitrogens is 3. The van der Waals surface area contributed by atoms with Gasteiger partial charge in [0.25, 0.3) is 5.91 Å². The maximum Gasteiger partial charge on any atom is 0.275 e. The number of amides is 1. The van der Waals surface area contributed by atoms with E-state index < -0.39 is 5.60 Å². The lowest BCUT2D eigenvalue weighted by atomic mass is 9.92. The van der Waals surface area contributed by atoms with Crippen molar-refractivity contribution in [1.29, 1.82) is 0 Å². The normalized spacial score (nSPS) is 20.9. The number of likely N-dealkylation sites (N-methyl/N-ethyl adjacent to an activating group) is 1. The van der Waals surface area contributed by atoms with Crippen molar-refractivity contribution in [3.63, 3.8) is 0 Å². The topological polar surface area (TPSA) is 95.6 Å². The third-order valence-corrected chi connectivity index (χ3v) is 4.15. The Labute approximate surface area is 140 Å². The van der Waals surface area contributed by atoms with E-state index in [1.54, 1.807) is 38.6 Å². The highest BCUT2D eigenvalue weighted by atomic mass is 16.5. The Hall–Kier alpha value is -2.48. The summed E-state index contributed by atoms with van der Waals surface area (Å²) in [5.74, 6) is 1.05. The smallest absolute Gasteiger partial charge is 0.275 e. The monoisotopic (exact) mass is 331 g/mol. The lowest BCUT2D eigenvalue weighted by Crippen LogP contribution is -2.55. The van der Waals surface area contributed by atoms with E-state index in [1.807, 2.05) is 4.90 Å². The zero-order valence-electron chi connectivity index (χ0n) is 13.8. The number of rotatable bonds is 4. The van der Waals surface area contributed by atoms with Crippen molar-refractivity contribution in [1.82, 2.24) is 20.0 Å². The number of carbonyl (C=O) groups excluding carboxylic acids is 1. The molecule has 24 heavy (non-hydrogen) atoms. The van der Waals surface area contributed by atoms with Crippen LogP contribution in [0.1, 0.15) is 29.1 Å². The molecular formula is C16H21N5O3. The summed E-state index contributed by atoms with van der Waals surface area (Å²) in [6.07, 6.45) is 6.37. The van der Waals surface area contributed by atoms with Gasteiger partial charge in [0.1, 0.15) is 11.6 Å². The number of anilines is 1. The highest BCUT2D eigenvalue weighted by molar-refractivity contribution is 5.92. The van der Waals surface area contributed by atoms with E-state index >= 15 is 0 Å². The van der Waals surface area contributed by atoms with Crippen molar-refractivity contribution in [3.05, 3.63) is 36.1 Å². The maximum absolute atomic E-state index is 12.4. The van der Waals surface area contributed by atoms with Crippen LogP contribution in [0.3, 0.4) is 0 Å². The Balaban J connectivity index is 1.67. The van der Waals surface area contributed by atoms with Crippen molar-refractivity contribution >= 4 is 11.7 Å². The van der Waals surface area contributed by atoms with Crippen LogP contribution in [0.5, 0.6) is 0 Å². The van der Waals surface area contributed by atoms with Gasteiger partial charge in [0.15, 0.2) is 5.69 Å². The molecule has 0 bridgehead atoms. The molecule has 0 aromatic carbocycles. The molecule has 1 N–H and O–H groups in total. The quantitative estimate of drug-likeness (QED) is 0.888. The summed E-state index contributed by atoms with van der Waals surface area (Å²) < 4.78 is 4.94. The molecule has 8 heteroatoms. The van der Waals surface area contributed by atoms with Gasteiger partial charge in [0.2, 0.25) is 0 Å². The lowest BCUT2D eigenvalue weighted by molar-refractivity contribution is -0.000389. The van der Waals surface area contributed by atoms with Gasteiger partial charge in [-0.15, -0.1) is 0 Å². The minimum absolute atomic E-state index is 0.217. The largest absolute Gasteiger partial charge is 0.386 e.